The van der Waals surface area contributed by atoms with E-state index in [-0.39, 0.29) is 6.10 Å². The van der Waals surface area contributed by atoms with Crippen molar-refractivity contribution in [3.63, 3.8) is 0 Å². The maximum absolute atomic E-state index is 10.3. The summed E-state index contributed by atoms with van der Waals surface area (Å²) in [5.74, 6) is 2.21. The summed E-state index contributed by atoms with van der Waals surface area (Å²) in [5.41, 5.74) is 0.867. The second-order valence-electron chi connectivity index (χ2n) is 5.71. The summed E-state index contributed by atoms with van der Waals surface area (Å²) in [6, 6.07) is 5.71. The van der Waals surface area contributed by atoms with Crippen molar-refractivity contribution in [2.45, 2.75) is 50.7 Å². The van der Waals surface area contributed by atoms with Crippen molar-refractivity contribution in [2.75, 3.05) is 7.11 Å². The molecule has 0 spiro atoms. The van der Waals surface area contributed by atoms with Gasteiger partial charge in [-0.3, -0.25) is 0 Å². The Kier molecular flexibility index (Phi) is 3.65. The van der Waals surface area contributed by atoms with Crippen LogP contribution in [-0.4, -0.2) is 18.3 Å². The van der Waals surface area contributed by atoms with Gasteiger partial charge in [0, 0.05) is 12.0 Å². The van der Waals surface area contributed by atoms with E-state index in [1.807, 2.05) is 18.2 Å². The normalized spacial score (nSPS) is 27.5. The number of ether oxygens (including phenoxy) is 2. The van der Waals surface area contributed by atoms with Crippen molar-refractivity contribution in [3.05, 3.63) is 23.8 Å². The third kappa shape index (κ3) is 2.57. The van der Waals surface area contributed by atoms with Crippen molar-refractivity contribution in [2.24, 2.45) is 5.92 Å². The lowest BCUT2D eigenvalue weighted by molar-refractivity contribution is 0.0232. The second-order valence-corrected chi connectivity index (χ2v) is 5.71. The Labute approximate surface area is 114 Å². The largest absolute Gasteiger partial charge is 0.497 e. The SMILES string of the molecule is COc1ccc2c(c1)C(O)CC(C1CCCCC1)O2. The van der Waals surface area contributed by atoms with Gasteiger partial charge in [0.05, 0.1) is 13.2 Å². The van der Waals surface area contributed by atoms with Crippen LogP contribution in [0.2, 0.25) is 0 Å². The van der Waals surface area contributed by atoms with Gasteiger partial charge in [-0.15, -0.1) is 0 Å². The van der Waals surface area contributed by atoms with Crippen molar-refractivity contribution < 1.29 is 14.6 Å². The van der Waals surface area contributed by atoms with Crippen molar-refractivity contribution >= 4 is 0 Å². The Bertz CT molecular complexity index is 438. The minimum atomic E-state index is -0.425. The van der Waals surface area contributed by atoms with Crippen LogP contribution < -0.4 is 9.47 Å². The standard InChI is InChI=1S/C16H22O3/c1-18-12-7-8-15-13(9-12)14(17)10-16(19-15)11-5-3-2-4-6-11/h7-9,11,14,16-17H,2-6,10H2,1H3. The van der Waals surface area contributed by atoms with Crippen LogP contribution in [0.1, 0.15) is 50.2 Å². The van der Waals surface area contributed by atoms with Gasteiger partial charge >= 0.3 is 0 Å². The lowest BCUT2D eigenvalue weighted by atomic mass is 9.81. The number of hydrogen-bond donors (Lipinski definition) is 1. The number of fused-ring (bicyclic) bond motifs is 1. The number of aliphatic hydroxyl groups excluding tert-OH is 1. The van der Waals surface area contributed by atoms with E-state index in [0.29, 0.717) is 12.3 Å². The number of benzene rings is 1. The third-order valence-electron chi connectivity index (χ3n) is 4.49. The van der Waals surface area contributed by atoms with E-state index in [1.54, 1.807) is 7.11 Å². The average Bonchev–Trinajstić information content (AvgIpc) is 2.48. The van der Waals surface area contributed by atoms with Crippen LogP contribution in [0.25, 0.3) is 0 Å². The molecule has 1 N–H and O–H groups in total. The first-order chi connectivity index (χ1) is 9.28. The smallest absolute Gasteiger partial charge is 0.125 e. The minimum Gasteiger partial charge on any atom is -0.497 e. The Balaban J connectivity index is 1.79. The Morgan fingerprint density at radius 3 is 2.74 bits per heavy atom. The molecular weight excluding hydrogens is 240 g/mol. The van der Waals surface area contributed by atoms with E-state index in [2.05, 4.69) is 0 Å². The number of rotatable bonds is 2. The van der Waals surface area contributed by atoms with Crippen molar-refractivity contribution in [1.29, 1.82) is 0 Å². The van der Waals surface area contributed by atoms with Gasteiger partial charge in [0.2, 0.25) is 0 Å². The summed E-state index contributed by atoms with van der Waals surface area (Å²) in [7, 11) is 1.64. The number of hydrogen-bond acceptors (Lipinski definition) is 3. The molecule has 1 fully saturated rings. The van der Waals surface area contributed by atoms with Crippen LogP contribution in [0.4, 0.5) is 0 Å². The zero-order chi connectivity index (χ0) is 13.2. The van der Waals surface area contributed by atoms with Crippen LogP contribution in [0.3, 0.4) is 0 Å². The zero-order valence-corrected chi connectivity index (χ0v) is 11.5. The van der Waals surface area contributed by atoms with Gasteiger partial charge in [0.25, 0.3) is 0 Å². The predicted octanol–water partition coefficient (Wildman–Crippen LogP) is 3.46. The maximum Gasteiger partial charge on any atom is 0.125 e. The fourth-order valence-corrected chi connectivity index (χ4v) is 3.37. The monoisotopic (exact) mass is 262 g/mol. The molecule has 0 radical (unpaired) electrons. The molecule has 2 unspecified atom stereocenters. The first-order valence-corrected chi connectivity index (χ1v) is 7.30. The van der Waals surface area contributed by atoms with Gasteiger partial charge in [-0.2, -0.15) is 0 Å². The highest BCUT2D eigenvalue weighted by atomic mass is 16.5. The summed E-state index contributed by atoms with van der Waals surface area (Å²) >= 11 is 0. The highest BCUT2D eigenvalue weighted by Gasteiger charge is 2.33. The molecule has 1 aromatic rings. The quantitative estimate of drug-likeness (QED) is 0.887. The lowest BCUT2D eigenvalue weighted by Crippen LogP contribution is -2.34. The Hall–Kier alpha value is -1.22. The summed E-state index contributed by atoms with van der Waals surface area (Å²) in [6.07, 6.45) is 6.89. The van der Waals surface area contributed by atoms with Crippen LogP contribution in [0.5, 0.6) is 11.5 Å². The van der Waals surface area contributed by atoms with Gasteiger partial charge in [0.15, 0.2) is 0 Å². The summed E-state index contributed by atoms with van der Waals surface area (Å²) in [6.45, 7) is 0. The molecular formula is C16H22O3. The molecule has 1 heterocycles. The topological polar surface area (TPSA) is 38.7 Å². The van der Waals surface area contributed by atoms with E-state index in [9.17, 15) is 5.11 Å². The minimum absolute atomic E-state index is 0.177. The van der Waals surface area contributed by atoms with Crippen LogP contribution in [0, 0.1) is 5.92 Å². The van der Waals surface area contributed by atoms with Gasteiger partial charge in [0.1, 0.15) is 17.6 Å². The summed E-state index contributed by atoms with van der Waals surface area (Å²) in [5, 5.41) is 10.3. The second kappa shape index (κ2) is 5.41. The van der Waals surface area contributed by atoms with E-state index < -0.39 is 6.10 Å². The average molecular weight is 262 g/mol. The molecule has 3 heteroatoms. The Morgan fingerprint density at radius 2 is 2.00 bits per heavy atom. The molecule has 0 bridgehead atoms. The summed E-state index contributed by atoms with van der Waals surface area (Å²) < 4.78 is 11.3. The van der Waals surface area contributed by atoms with Gasteiger partial charge in [-0.25, -0.2) is 0 Å². The van der Waals surface area contributed by atoms with Gasteiger partial charge < -0.3 is 14.6 Å². The first kappa shape index (κ1) is 12.8. The highest BCUT2D eigenvalue weighted by Crippen LogP contribution is 2.41. The van der Waals surface area contributed by atoms with E-state index >= 15 is 0 Å². The van der Waals surface area contributed by atoms with Crippen LogP contribution in [-0.2, 0) is 0 Å². The molecule has 3 nitrogen and oxygen atoms in total. The fourth-order valence-electron chi connectivity index (χ4n) is 3.37. The molecule has 1 aliphatic carbocycles. The Morgan fingerprint density at radius 1 is 1.21 bits per heavy atom. The third-order valence-corrected chi connectivity index (χ3v) is 4.49. The lowest BCUT2D eigenvalue weighted by Gasteiger charge is -2.36. The summed E-state index contributed by atoms with van der Waals surface area (Å²) in [4.78, 5) is 0. The van der Waals surface area contributed by atoms with Gasteiger partial charge in [-0.1, -0.05) is 19.3 Å². The molecule has 104 valence electrons. The number of methoxy groups -OCH3 is 1. The van der Waals surface area contributed by atoms with Crippen molar-refractivity contribution in [1.82, 2.24) is 0 Å². The molecule has 1 aliphatic heterocycles. The molecule has 3 rings (SSSR count). The van der Waals surface area contributed by atoms with Crippen LogP contribution in [0.15, 0.2) is 18.2 Å². The molecule has 19 heavy (non-hydrogen) atoms. The molecule has 2 aliphatic rings. The molecule has 2 atom stereocenters. The molecule has 1 saturated carbocycles. The van der Waals surface area contributed by atoms with Crippen LogP contribution >= 0.6 is 0 Å². The number of aliphatic hydroxyl groups is 1. The fraction of sp³-hybridized carbons (Fsp3) is 0.625. The van der Waals surface area contributed by atoms with Crippen molar-refractivity contribution in [3.8, 4) is 11.5 Å². The first-order valence-electron chi connectivity index (χ1n) is 7.30. The zero-order valence-electron chi connectivity index (χ0n) is 11.5. The van der Waals surface area contributed by atoms with E-state index in [0.717, 1.165) is 17.1 Å². The predicted molar refractivity (Wildman–Crippen MR) is 73.6 cm³/mol. The maximum atomic E-state index is 10.3. The molecule has 1 aromatic carbocycles. The molecule has 0 amide bonds. The van der Waals surface area contributed by atoms with E-state index in [1.165, 1.54) is 32.1 Å². The van der Waals surface area contributed by atoms with Gasteiger partial charge in [-0.05, 0) is 37.0 Å². The molecule has 0 aromatic heterocycles. The highest BCUT2D eigenvalue weighted by molar-refractivity contribution is 5.43. The molecule has 0 saturated heterocycles. The van der Waals surface area contributed by atoms with E-state index in [4.69, 9.17) is 9.47 Å².